The molecule has 2 amide bonds. The molecule has 9 nitrogen and oxygen atoms in total. The fourth-order valence-corrected chi connectivity index (χ4v) is 5.00. The Balaban J connectivity index is 1.69. The summed E-state index contributed by atoms with van der Waals surface area (Å²) in [5.74, 6) is 0.0300. The lowest BCUT2D eigenvalue weighted by Gasteiger charge is -2.33. The van der Waals surface area contributed by atoms with Gasteiger partial charge in [-0.15, -0.1) is 0 Å². The number of hydrogen-bond acceptors (Lipinski definition) is 6. The molecule has 37 heavy (non-hydrogen) atoms. The number of nitrogens with one attached hydrogen (secondary N) is 1. The summed E-state index contributed by atoms with van der Waals surface area (Å²) in [6.45, 7) is -0.328. The Morgan fingerprint density at radius 1 is 0.919 bits per heavy atom. The lowest BCUT2D eigenvalue weighted by molar-refractivity contribution is -0.139. The van der Waals surface area contributed by atoms with Crippen molar-refractivity contribution in [1.29, 1.82) is 0 Å². The molecule has 0 unspecified atom stereocenters. The highest BCUT2D eigenvalue weighted by Crippen LogP contribution is 2.36. The summed E-state index contributed by atoms with van der Waals surface area (Å²) in [4.78, 5) is 28.4. The summed E-state index contributed by atoms with van der Waals surface area (Å²) >= 11 is 0. The van der Waals surface area contributed by atoms with Crippen LogP contribution in [0.15, 0.2) is 78.9 Å². The van der Waals surface area contributed by atoms with Crippen molar-refractivity contribution in [2.24, 2.45) is 0 Å². The smallest absolute Gasteiger partial charge is 0.244 e. The molecule has 1 heterocycles. The average Bonchev–Trinajstić information content (AvgIpc) is 3.37. The predicted molar refractivity (Wildman–Crippen MR) is 140 cm³/mol. The molecule has 3 aromatic carbocycles. The minimum absolute atomic E-state index is 0.0364. The number of anilines is 1. The maximum absolute atomic E-state index is 13.8. The third-order valence-electron chi connectivity index (χ3n) is 6.04. The van der Waals surface area contributed by atoms with E-state index in [1.165, 1.54) is 18.0 Å². The van der Waals surface area contributed by atoms with Crippen molar-refractivity contribution in [3.05, 3.63) is 90.0 Å². The summed E-state index contributed by atoms with van der Waals surface area (Å²) in [7, 11) is -2.34. The Kier molecular flexibility index (Phi) is 7.98. The third kappa shape index (κ3) is 6.39. The van der Waals surface area contributed by atoms with Gasteiger partial charge in [0.15, 0.2) is 11.5 Å². The molecule has 1 atom stereocenters. The lowest BCUT2D eigenvalue weighted by atomic mass is 10.0. The number of amides is 2. The number of ether oxygens (including phenoxy) is 2. The van der Waals surface area contributed by atoms with Gasteiger partial charge < -0.3 is 19.7 Å². The Bertz CT molecular complexity index is 1350. The van der Waals surface area contributed by atoms with Crippen molar-refractivity contribution in [1.82, 2.24) is 10.2 Å². The zero-order chi connectivity index (χ0) is 26.4. The van der Waals surface area contributed by atoms with Crippen molar-refractivity contribution < 1.29 is 27.5 Å². The summed E-state index contributed by atoms with van der Waals surface area (Å²) in [6, 6.07) is 22.5. The number of benzene rings is 3. The van der Waals surface area contributed by atoms with Crippen molar-refractivity contribution in [2.45, 2.75) is 19.0 Å². The molecule has 0 saturated heterocycles. The predicted octanol–water partition coefficient (Wildman–Crippen LogP) is 2.57. The van der Waals surface area contributed by atoms with Crippen LogP contribution in [-0.4, -0.2) is 57.8 Å². The van der Waals surface area contributed by atoms with Crippen LogP contribution < -0.4 is 19.1 Å². The quantitative estimate of drug-likeness (QED) is 0.438. The second-order valence-electron chi connectivity index (χ2n) is 8.63. The molecule has 0 radical (unpaired) electrons. The highest BCUT2D eigenvalue weighted by Gasteiger charge is 2.33. The van der Waals surface area contributed by atoms with Gasteiger partial charge in [-0.1, -0.05) is 60.7 Å². The molecule has 0 aliphatic carbocycles. The Morgan fingerprint density at radius 3 is 2.16 bits per heavy atom. The molecule has 1 N–H and O–H groups in total. The van der Waals surface area contributed by atoms with Gasteiger partial charge in [-0.05, 0) is 23.3 Å². The van der Waals surface area contributed by atoms with Gasteiger partial charge >= 0.3 is 0 Å². The summed E-state index contributed by atoms with van der Waals surface area (Å²) in [5.41, 5.74) is 1.95. The summed E-state index contributed by atoms with van der Waals surface area (Å²) in [6.07, 6.45) is 1.30. The van der Waals surface area contributed by atoms with E-state index in [9.17, 15) is 18.0 Å². The summed E-state index contributed by atoms with van der Waals surface area (Å²) in [5, 5.41) is 2.65. The molecule has 0 aromatic heterocycles. The monoisotopic (exact) mass is 523 g/mol. The van der Waals surface area contributed by atoms with E-state index in [2.05, 4.69) is 5.32 Å². The lowest BCUT2D eigenvalue weighted by Crippen LogP contribution is -2.52. The van der Waals surface area contributed by atoms with Crippen molar-refractivity contribution >= 4 is 27.5 Å². The van der Waals surface area contributed by atoms with E-state index < -0.39 is 28.5 Å². The van der Waals surface area contributed by atoms with Gasteiger partial charge in [0.2, 0.25) is 28.6 Å². The first-order valence-electron chi connectivity index (χ1n) is 11.7. The number of nitrogens with zero attached hydrogens (tertiary/aromatic N) is 2. The Labute approximate surface area is 216 Å². The number of sulfonamides is 1. The maximum Gasteiger partial charge on any atom is 0.244 e. The van der Waals surface area contributed by atoms with Gasteiger partial charge in [0.05, 0.1) is 11.9 Å². The number of rotatable bonds is 10. The van der Waals surface area contributed by atoms with Gasteiger partial charge in [-0.2, -0.15) is 0 Å². The van der Waals surface area contributed by atoms with E-state index in [1.807, 2.05) is 60.7 Å². The van der Waals surface area contributed by atoms with E-state index in [0.29, 0.717) is 11.5 Å². The van der Waals surface area contributed by atoms with Crippen LogP contribution in [0, 0.1) is 0 Å². The van der Waals surface area contributed by atoms with Crippen LogP contribution in [0.4, 0.5) is 5.69 Å². The Morgan fingerprint density at radius 2 is 1.54 bits per heavy atom. The zero-order valence-corrected chi connectivity index (χ0v) is 21.5. The van der Waals surface area contributed by atoms with Crippen molar-refractivity contribution in [3.8, 4) is 11.5 Å². The minimum atomic E-state index is -3.86. The molecular formula is C27H29N3O6S. The van der Waals surface area contributed by atoms with Gasteiger partial charge in [0.1, 0.15) is 12.6 Å². The molecule has 0 bridgehead atoms. The molecule has 3 aromatic rings. The molecule has 0 saturated carbocycles. The minimum Gasteiger partial charge on any atom is -0.454 e. The standard InChI is InChI=1S/C27H29N3O6S/c1-28-27(32)23(15-20-9-5-3-6-10-20)29(17-21-11-7-4-8-12-21)26(31)18-30(37(2,33)34)22-13-14-24-25(16-22)36-19-35-24/h3-14,16,23H,15,17-19H2,1-2H3,(H,28,32)/t23-/m1/s1. The third-order valence-corrected chi connectivity index (χ3v) is 7.18. The second-order valence-corrected chi connectivity index (χ2v) is 10.5. The SMILES string of the molecule is CNC(=O)[C@@H](Cc1ccccc1)N(Cc1ccccc1)C(=O)CN(c1ccc2c(c1)OCO2)S(C)(=O)=O. The fourth-order valence-electron chi connectivity index (χ4n) is 4.15. The first kappa shape index (κ1) is 26.0. The average molecular weight is 524 g/mol. The first-order chi connectivity index (χ1) is 17.8. The first-order valence-corrected chi connectivity index (χ1v) is 13.6. The zero-order valence-electron chi connectivity index (χ0n) is 20.7. The van der Waals surface area contributed by atoms with Gasteiger partial charge in [0, 0.05) is 26.1 Å². The number of carbonyl (C=O) groups is 2. The van der Waals surface area contributed by atoms with E-state index in [-0.39, 0.29) is 31.4 Å². The fraction of sp³-hybridized carbons (Fsp3) is 0.259. The maximum atomic E-state index is 13.8. The number of likely N-dealkylation sites (N-methyl/N-ethyl adjacent to an activating group) is 1. The van der Waals surface area contributed by atoms with Crippen molar-refractivity contribution in [3.63, 3.8) is 0 Å². The van der Waals surface area contributed by atoms with E-state index in [1.54, 1.807) is 12.1 Å². The van der Waals surface area contributed by atoms with Crippen LogP contribution in [-0.2, 0) is 32.6 Å². The highest BCUT2D eigenvalue weighted by atomic mass is 32.2. The molecule has 0 fully saturated rings. The van der Waals surface area contributed by atoms with Crippen molar-refractivity contribution in [2.75, 3.05) is 30.9 Å². The molecule has 0 spiro atoms. The van der Waals surface area contributed by atoms with Gasteiger partial charge in [-0.3, -0.25) is 13.9 Å². The van der Waals surface area contributed by atoms with Crippen LogP contribution in [0.25, 0.3) is 0 Å². The number of hydrogen-bond donors (Lipinski definition) is 1. The summed E-state index contributed by atoms with van der Waals surface area (Å²) < 4.78 is 37.3. The largest absolute Gasteiger partial charge is 0.454 e. The molecule has 10 heteroatoms. The molecule has 1 aliphatic heterocycles. The van der Waals surface area contributed by atoms with Crippen LogP contribution in [0.5, 0.6) is 11.5 Å². The van der Waals surface area contributed by atoms with Crippen LogP contribution >= 0.6 is 0 Å². The van der Waals surface area contributed by atoms with Gasteiger partial charge in [0.25, 0.3) is 0 Å². The Hall–Kier alpha value is -4.05. The van der Waals surface area contributed by atoms with E-state index >= 15 is 0 Å². The molecule has 1 aliphatic rings. The van der Waals surface area contributed by atoms with Crippen LogP contribution in [0.3, 0.4) is 0 Å². The number of carbonyl (C=O) groups excluding carboxylic acids is 2. The molecule has 194 valence electrons. The molecule has 4 rings (SSSR count). The van der Waals surface area contributed by atoms with Gasteiger partial charge in [-0.25, -0.2) is 8.42 Å². The highest BCUT2D eigenvalue weighted by molar-refractivity contribution is 7.92. The molecular weight excluding hydrogens is 494 g/mol. The second kappa shape index (κ2) is 11.3. The topological polar surface area (TPSA) is 105 Å². The number of fused-ring (bicyclic) bond motifs is 1. The van der Waals surface area contributed by atoms with E-state index in [4.69, 9.17) is 9.47 Å². The normalized spacial score (nSPS) is 13.0. The van der Waals surface area contributed by atoms with Crippen LogP contribution in [0.1, 0.15) is 11.1 Å². The van der Waals surface area contributed by atoms with Crippen LogP contribution in [0.2, 0.25) is 0 Å². The van der Waals surface area contributed by atoms with E-state index in [0.717, 1.165) is 21.7 Å².